The van der Waals surface area contributed by atoms with Crippen LogP contribution in [0.25, 0.3) is 0 Å². The number of nitro benzene ring substituents is 1. The molecule has 0 bridgehead atoms. The van der Waals surface area contributed by atoms with Crippen LogP contribution in [-0.2, 0) is 0 Å². The van der Waals surface area contributed by atoms with E-state index in [-0.39, 0.29) is 10.6 Å². The van der Waals surface area contributed by atoms with Gasteiger partial charge in [-0.3, -0.25) is 10.1 Å². The number of benzene rings is 2. The third-order valence-corrected chi connectivity index (χ3v) is 3.27. The summed E-state index contributed by atoms with van der Waals surface area (Å²) in [5.74, 6) is 0. The molecule has 86 valence electrons. The van der Waals surface area contributed by atoms with Crippen molar-refractivity contribution in [2.24, 2.45) is 0 Å². The minimum absolute atomic E-state index is 0.124. The molecule has 2 aromatic carbocycles. The molecule has 0 aliphatic rings. The highest BCUT2D eigenvalue weighted by Crippen LogP contribution is 2.29. The number of nitrogens with zero attached hydrogens (tertiary/aromatic N) is 1. The Kier molecular flexibility index (Phi) is 3.44. The van der Waals surface area contributed by atoms with Crippen LogP contribution in [0.5, 0.6) is 0 Å². The van der Waals surface area contributed by atoms with E-state index < -0.39 is 0 Å². The van der Waals surface area contributed by atoms with Crippen LogP contribution in [0.1, 0.15) is 5.56 Å². The second-order valence-electron chi connectivity index (χ2n) is 3.67. The Labute approximate surface area is 104 Å². The first-order valence-electron chi connectivity index (χ1n) is 5.14. The monoisotopic (exact) mass is 245 g/mol. The molecular weight excluding hydrogens is 234 g/mol. The molecule has 0 spiro atoms. The summed E-state index contributed by atoms with van der Waals surface area (Å²) in [4.78, 5) is 12.3. The predicted molar refractivity (Wildman–Crippen MR) is 68.4 cm³/mol. The van der Waals surface area contributed by atoms with Gasteiger partial charge in [0, 0.05) is 21.9 Å². The summed E-state index contributed by atoms with van der Waals surface area (Å²) in [5, 5.41) is 10.5. The van der Waals surface area contributed by atoms with Gasteiger partial charge in [0.15, 0.2) is 0 Å². The van der Waals surface area contributed by atoms with Gasteiger partial charge < -0.3 is 0 Å². The average molecular weight is 245 g/mol. The van der Waals surface area contributed by atoms with Crippen LogP contribution in [0.3, 0.4) is 0 Å². The van der Waals surface area contributed by atoms with E-state index in [2.05, 4.69) is 6.07 Å². The van der Waals surface area contributed by atoms with Crippen LogP contribution in [0.4, 0.5) is 5.69 Å². The summed E-state index contributed by atoms with van der Waals surface area (Å²) in [6.07, 6.45) is 0. The normalized spacial score (nSPS) is 10.2. The molecule has 0 saturated carbocycles. The molecule has 0 radical (unpaired) electrons. The third kappa shape index (κ3) is 3.07. The van der Waals surface area contributed by atoms with E-state index >= 15 is 0 Å². The molecule has 0 aliphatic carbocycles. The molecule has 0 fully saturated rings. The van der Waals surface area contributed by atoms with E-state index in [1.165, 1.54) is 17.7 Å². The van der Waals surface area contributed by atoms with Gasteiger partial charge in [-0.05, 0) is 31.2 Å². The van der Waals surface area contributed by atoms with Crippen molar-refractivity contribution < 1.29 is 4.92 Å². The minimum Gasteiger partial charge on any atom is -0.258 e. The Bertz CT molecular complexity index is 537. The number of aryl methyl sites for hydroxylation is 1. The fraction of sp³-hybridized carbons (Fsp3) is 0.0769. The lowest BCUT2D eigenvalue weighted by Crippen LogP contribution is -1.86. The van der Waals surface area contributed by atoms with Gasteiger partial charge in [0.05, 0.1) is 4.92 Å². The summed E-state index contributed by atoms with van der Waals surface area (Å²) >= 11 is 1.60. The molecule has 0 aromatic heterocycles. The summed E-state index contributed by atoms with van der Waals surface area (Å²) in [6.45, 7) is 2.04. The highest BCUT2D eigenvalue weighted by atomic mass is 32.2. The molecule has 3 nitrogen and oxygen atoms in total. The fourth-order valence-corrected chi connectivity index (χ4v) is 2.39. The van der Waals surface area contributed by atoms with Crippen molar-refractivity contribution in [1.82, 2.24) is 0 Å². The Morgan fingerprint density at radius 3 is 2.35 bits per heavy atom. The van der Waals surface area contributed by atoms with E-state index in [1.807, 2.05) is 25.1 Å². The van der Waals surface area contributed by atoms with E-state index in [0.29, 0.717) is 0 Å². The fourth-order valence-electron chi connectivity index (χ4n) is 1.45. The van der Waals surface area contributed by atoms with Crippen molar-refractivity contribution in [3.63, 3.8) is 0 Å². The van der Waals surface area contributed by atoms with Crippen LogP contribution in [0.15, 0.2) is 58.3 Å². The average Bonchev–Trinajstić information content (AvgIpc) is 2.29. The summed E-state index contributed by atoms with van der Waals surface area (Å²) in [6, 6.07) is 14.8. The third-order valence-electron chi connectivity index (χ3n) is 2.27. The maximum Gasteiger partial charge on any atom is 0.269 e. The van der Waals surface area contributed by atoms with E-state index in [9.17, 15) is 10.1 Å². The molecule has 0 amide bonds. The molecule has 4 heteroatoms. The quantitative estimate of drug-likeness (QED) is 0.605. The molecule has 0 saturated heterocycles. The van der Waals surface area contributed by atoms with Crippen LogP contribution >= 0.6 is 11.8 Å². The SMILES string of the molecule is Cc1cccc(Sc2ccc([N+](=O)[O-])cc2)c1. The van der Waals surface area contributed by atoms with Crippen molar-refractivity contribution in [3.8, 4) is 0 Å². The van der Waals surface area contributed by atoms with Crippen molar-refractivity contribution in [2.75, 3.05) is 0 Å². The molecular formula is C13H11NO2S. The highest BCUT2D eigenvalue weighted by Gasteiger charge is 2.04. The molecule has 17 heavy (non-hydrogen) atoms. The lowest BCUT2D eigenvalue weighted by atomic mass is 10.2. The Hall–Kier alpha value is -1.81. The Morgan fingerprint density at radius 2 is 1.76 bits per heavy atom. The first-order chi connectivity index (χ1) is 8.15. The zero-order valence-corrected chi connectivity index (χ0v) is 10.1. The molecule has 0 unspecified atom stereocenters. The number of rotatable bonds is 3. The summed E-state index contributed by atoms with van der Waals surface area (Å²) < 4.78 is 0. The first kappa shape index (κ1) is 11.7. The number of hydrogen-bond acceptors (Lipinski definition) is 3. The Morgan fingerprint density at radius 1 is 1.06 bits per heavy atom. The molecule has 2 aromatic rings. The van der Waals surface area contributed by atoms with Crippen LogP contribution < -0.4 is 0 Å². The largest absolute Gasteiger partial charge is 0.269 e. The van der Waals surface area contributed by atoms with Crippen molar-refractivity contribution in [2.45, 2.75) is 16.7 Å². The van der Waals surface area contributed by atoms with Gasteiger partial charge in [0.25, 0.3) is 5.69 Å². The molecule has 0 aliphatic heterocycles. The van der Waals surface area contributed by atoms with E-state index in [1.54, 1.807) is 23.9 Å². The van der Waals surface area contributed by atoms with Crippen molar-refractivity contribution in [1.29, 1.82) is 0 Å². The lowest BCUT2D eigenvalue weighted by molar-refractivity contribution is -0.384. The van der Waals surface area contributed by atoms with Crippen molar-refractivity contribution in [3.05, 3.63) is 64.2 Å². The van der Waals surface area contributed by atoms with Crippen LogP contribution in [0, 0.1) is 17.0 Å². The standard InChI is InChI=1S/C13H11NO2S/c1-10-3-2-4-13(9-10)17-12-7-5-11(6-8-12)14(15)16/h2-9H,1H3. The maximum atomic E-state index is 10.5. The molecule has 0 heterocycles. The Balaban J connectivity index is 2.16. The van der Waals surface area contributed by atoms with E-state index in [4.69, 9.17) is 0 Å². The second-order valence-corrected chi connectivity index (χ2v) is 4.82. The number of nitro groups is 1. The van der Waals surface area contributed by atoms with Crippen molar-refractivity contribution >= 4 is 17.4 Å². The lowest BCUT2D eigenvalue weighted by Gasteiger charge is -2.02. The van der Waals surface area contributed by atoms with Gasteiger partial charge >= 0.3 is 0 Å². The van der Waals surface area contributed by atoms with Crippen LogP contribution in [0.2, 0.25) is 0 Å². The first-order valence-corrected chi connectivity index (χ1v) is 5.96. The zero-order valence-electron chi connectivity index (χ0n) is 9.29. The van der Waals surface area contributed by atoms with Gasteiger partial charge in [0.2, 0.25) is 0 Å². The zero-order chi connectivity index (χ0) is 12.3. The summed E-state index contributed by atoms with van der Waals surface area (Å²) in [7, 11) is 0. The van der Waals surface area contributed by atoms with Gasteiger partial charge in [-0.2, -0.15) is 0 Å². The van der Waals surface area contributed by atoms with Gasteiger partial charge in [-0.1, -0.05) is 29.5 Å². The smallest absolute Gasteiger partial charge is 0.258 e. The molecule has 2 rings (SSSR count). The van der Waals surface area contributed by atoms with Gasteiger partial charge in [-0.25, -0.2) is 0 Å². The van der Waals surface area contributed by atoms with Gasteiger partial charge in [0.1, 0.15) is 0 Å². The maximum absolute atomic E-state index is 10.5. The minimum atomic E-state index is -0.388. The molecule has 0 atom stereocenters. The predicted octanol–water partition coefficient (Wildman–Crippen LogP) is 4.05. The topological polar surface area (TPSA) is 43.1 Å². The second kappa shape index (κ2) is 5.01. The number of hydrogen-bond donors (Lipinski definition) is 0. The van der Waals surface area contributed by atoms with E-state index in [0.717, 1.165) is 9.79 Å². The molecule has 0 N–H and O–H groups in total. The number of non-ortho nitro benzene ring substituents is 1. The summed E-state index contributed by atoms with van der Waals surface area (Å²) in [5.41, 5.74) is 1.33. The van der Waals surface area contributed by atoms with Gasteiger partial charge in [-0.15, -0.1) is 0 Å². The highest BCUT2D eigenvalue weighted by molar-refractivity contribution is 7.99. The van der Waals surface area contributed by atoms with Crippen LogP contribution in [-0.4, -0.2) is 4.92 Å².